The number of hydrogen-bond acceptors (Lipinski definition) is 7. The summed E-state index contributed by atoms with van der Waals surface area (Å²) in [6.45, 7) is 13.4. The molecule has 4 fully saturated rings. The molecule has 0 radical (unpaired) electrons. The number of halogens is 2. The second-order valence-corrected chi connectivity index (χ2v) is 14.3. The van der Waals surface area contributed by atoms with Gasteiger partial charge in [0.2, 0.25) is 0 Å². The maximum atomic E-state index is 12.2. The minimum Gasteiger partial charge on any atom is -0.488 e. The summed E-state index contributed by atoms with van der Waals surface area (Å²) in [6, 6.07) is 11.8. The molecule has 0 bridgehead atoms. The molecule has 2 aromatic rings. The average Bonchev–Trinajstić information content (AvgIpc) is 3.75. The van der Waals surface area contributed by atoms with Gasteiger partial charge in [-0.15, -0.1) is 0 Å². The number of piperidine rings is 2. The van der Waals surface area contributed by atoms with Crippen LogP contribution >= 0.6 is 23.2 Å². The molecule has 4 aliphatic heterocycles. The Kier molecular flexibility index (Phi) is 11.9. The normalized spacial score (nSPS) is 19.7. The van der Waals surface area contributed by atoms with Crippen molar-refractivity contribution in [3.8, 4) is 11.5 Å². The Hall–Kier alpha value is -2.55. The van der Waals surface area contributed by atoms with E-state index in [0.29, 0.717) is 19.2 Å². The van der Waals surface area contributed by atoms with Crippen LogP contribution in [0.25, 0.3) is 0 Å². The molecule has 0 spiro atoms. The molecule has 248 valence electrons. The molecule has 2 aromatic carbocycles. The number of likely N-dealkylation sites (tertiary alicyclic amines) is 1. The van der Waals surface area contributed by atoms with Crippen molar-refractivity contribution >= 4 is 40.7 Å². The van der Waals surface area contributed by atoms with Gasteiger partial charge < -0.3 is 34.2 Å². The first-order valence-electron chi connectivity index (χ1n) is 16.8. The smallest absolute Gasteiger partial charge is 0.410 e. The van der Waals surface area contributed by atoms with Crippen molar-refractivity contribution in [3.63, 3.8) is 0 Å². The van der Waals surface area contributed by atoms with Crippen molar-refractivity contribution < 1.29 is 19.0 Å². The summed E-state index contributed by atoms with van der Waals surface area (Å²) in [6.07, 6.45) is 8.94. The van der Waals surface area contributed by atoms with Crippen LogP contribution in [0.3, 0.4) is 0 Å². The molecule has 1 N–H and O–H groups in total. The standard InChI is InChI=1S/C20H29ClN2O3.C15H21ClN2O/c1-20(2,3)26-19(24)23-12-8-16(9-13-23)25-18-7-6-15(21)14-17(18)22-10-4-5-11-22;16-12-3-4-15(19-13-5-7-17-8-6-13)14(11-12)18-9-1-2-10-18/h6-7,14,16H,4-5,8-13H2,1-3H3;3-4,11,13,17H,1-2,5-10H2. The van der Waals surface area contributed by atoms with Gasteiger partial charge in [0.1, 0.15) is 29.3 Å². The third kappa shape index (κ3) is 9.97. The Morgan fingerprint density at radius 3 is 1.60 bits per heavy atom. The van der Waals surface area contributed by atoms with Crippen LogP contribution < -0.4 is 24.6 Å². The summed E-state index contributed by atoms with van der Waals surface area (Å²) in [5.41, 5.74) is 1.80. The Balaban J connectivity index is 0.000000186. The largest absolute Gasteiger partial charge is 0.488 e. The van der Waals surface area contributed by atoms with E-state index in [1.54, 1.807) is 4.90 Å². The summed E-state index contributed by atoms with van der Waals surface area (Å²) >= 11 is 12.4. The van der Waals surface area contributed by atoms with E-state index < -0.39 is 5.60 Å². The lowest BCUT2D eigenvalue weighted by molar-refractivity contribution is 0.0127. The lowest BCUT2D eigenvalue weighted by Crippen LogP contribution is -2.44. The fourth-order valence-corrected chi connectivity index (χ4v) is 6.68. The number of carbonyl (C=O) groups is 1. The van der Waals surface area contributed by atoms with E-state index in [-0.39, 0.29) is 12.2 Å². The van der Waals surface area contributed by atoms with Gasteiger partial charge >= 0.3 is 6.09 Å². The molecule has 0 saturated carbocycles. The van der Waals surface area contributed by atoms with Gasteiger partial charge in [0.15, 0.2) is 0 Å². The number of anilines is 2. The lowest BCUT2D eigenvalue weighted by Gasteiger charge is -2.34. The fraction of sp³-hybridized carbons (Fsp3) is 0.629. The monoisotopic (exact) mass is 660 g/mol. The molecule has 4 saturated heterocycles. The molecular weight excluding hydrogens is 611 g/mol. The van der Waals surface area contributed by atoms with Gasteiger partial charge in [-0.2, -0.15) is 0 Å². The van der Waals surface area contributed by atoms with Gasteiger partial charge in [-0.3, -0.25) is 0 Å². The van der Waals surface area contributed by atoms with E-state index in [1.165, 1.54) is 31.4 Å². The summed E-state index contributed by atoms with van der Waals surface area (Å²) in [5, 5.41) is 4.89. The zero-order valence-electron chi connectivity index (χ0n) is 27.2. The van der Waals surface area contributed by atoms with Gasteiger partial charge in [-0.05, 0) is 109 Å². The number of carbonyl (C=O) groups excluding carboxylic acids is 1. The fourth-order valence-electron chi connectivity index (χ4n) is 6.35. The predicted octanol–water partition coefficient (Wildman–Crippen LogP) is 7.79. The summed E-state index contributed by atoms with van der Waals surface area (Å²) in [5.74, 6) is 1.89. The molecular formula is C35H50Cl2N4O4. The molecule has 8 nitrogen and oxygen atoms in total. The number of hydrogen-bond donors (Lipinski definition) is 1. The number of amides is 1. The van der Waals surface area contributed by atoms with Gasteiger partial charge in [0, 0.05) is 62.2 Å². The van der Waals surface area contributed by atoms with E-state index in [4.69, 9.17) is 37.4 Å². The van der Waals surface area contributed by atoms with Crippen molar-refractivity contribution in [3.05, 3.63) is 46.4 Å². The summed E-state index contributed by atoms with van der Waals surface area (Å²) < 4.78 is 18.0. The second kappa shape index (κ2) is 15.8. The van der Waals surface area contributed by atoms with Crippen molar-refractivity contribution in [2.45, 2.75) is 89.9 Å². The Morgan fingerprint density at radius 1 is 0.711 bits per heavy atom. The van der Waals surface area contributed by atoms with E-state index in [1.807, 2.05) is 57.2 Å². The SMILES string of the molecule is CC(C)(C)OC(=O)N1CCC(Oc2ccc(Cl)cc2N2CCCC2)CC1.Clc1ccc(OC2CCNCC2)c(N2CCCC2)c1. The van der Waals surface area contributed by atoms with Crippen LogP contribution in [0.5, 0.6) is 11.5 Å². The van der Waals surface area contributed by atoms with Crippen LogP contribution in [0.1, 0.15) is 72.1 Å². The highest BCUT2D eigenvalue weighted by atomic mass is 35.5. The number of benzene rings is 2. The molecule has 6 rings (SSSR count). The van der Waals surface area contributed by atoms with Gasteiger partial charge in [-0.25, -0.2) is 4.79 Å². The Bertz CT molecular complexity index is 1250. The van der Waals surface area contributed by atoms with Crippen LogP contribution in [0, 0.1) is 0 Å². The highest BCUT2D eigenvalue weighted by molar-refractivity contribution is 6.31. The third-order valence-electron chi connectivity index (χ3n) is 8.70. The van der Waals surface area contributed by atoms with Crippen molar-refractivity contribution in [2.24, 2.45) is 0 Å². The van der Waals surface area contributed by atoms with Crippen molar-refractivity contribution in [2.75, 3.05) is 62.2 Å². The summed E-state index contributed by atoms with van der Waals surface area (Å²) in [7, 11) is 0. The molecule has 4 aliphatic rings. The highest BCUT2D eigenvalue weighted by Crippen LogP contribution is 2.36. The zero-order chi connectivity index (χ0) is 31.8. The van der Waals surface area contributed by atoms with E-state index in [0.717, 1.165) is 92.2 Å². The van der Waals surface area contributed by atoms with E-state index >= 15 is 0 Å². The molecule has 45 heavy (non-hydrogen) atoms. The molecule has 10 heteroatoms. The first-order valence-corrected chi connectivity index (χ1v) is 17.5. The first-order chi connectivity index (χ1) is 21.6. The molecule has 0 atom stereocenters. The predicted molar refractivity (Wildman–Crippen MR) is 184 cm³/mol. The van der Waals surface area contributed by atoms with Crippen LogP contribution in [0.15, 0.2) is 36.4 Å². The minimum atomic E-state index is -0.460. The number of rotatable bonds is 6. The maximum Gasteiger partial charge on any atom is 0.410 e. The number of ether oxygens (including phenoxy) is 3. The van der Waals surface area contributed by atoms with E-state index in [2.05, 4.69) is 15.1 Å². The maximum absolute atomic E-state index is 12.2. The van der Waals surface area contributed by atoms with Crippen LogP contribution in [0.2, 0.25) is 10.0 Å². The van der Waals surface area contributed by atoms with Gasteiger partial charge in [0.25, 0.3) is 0 Å². The molecule has 0 aliphatic carbocycles. The van der Waals surface area contributed by atoms with E-state index in [9.17, 15) is 4.79 Å². The van der Waals surface area contributed by atoms with Crippen LogP contribution in [0.4, 0.5) is 16.2 Å². The number of nitrogens with one attached hydrogen (secondary N) is 1. The van der Waals surface area contributed by atoms with Gasteiger partial charge in [-0.1, -0.05) is 23.2 Å². The van der Waals surface area contributed by atoms with Gasteiger partial charge in [0.05, 0.1) is 11.4 Å². The molecule has 4 heterocycles. The minimum absolute atomic E-state index is 0.108. The quantitative estimate of drug-likeness (QED) is 0.339. The van der Waals surface area contributed by atoms with Crippen LogP contribution in [-0.4, -0.2) is 81.2 Å². The molecule has 1 amide bonds. The third-order valence-corrected chi connectivity index (χ3v) is 9.17. The first kappa shape index (κ1) is 33.8. The van der Waals surface area contributed by atoms with Crippen molar-refractivity contribution in [1.29, 1.82) is 0 Å². The molecule has 0 unspecified atom stereocenters. The Morgan fingerprint density at radius 2 is 1.16 bits per heavy atom. The lowest BCUT2D eigenvalue weighted by atomic mass is 10.1. The van der Waals surface area contributed by atoms with Crippen molar-refractivity contribution in [1.82, 2.24) is 10.2 Å². The summed E-state index contributed by atoms with van der Waals surface area (Å²) in [4.78, 5) is 18.7. The average molecular weight is 662 g/mol. The molecule has 0 aromatic heterocycles. The second-order valence-electron chi connectivity index (χ2n) is 13.5. The Labute approximate surface area is 279 Å². The van der Waals surface area contributed by atoms with Crippen LogP contribution in [-0.2, 0) is 4.74 Å². The topological polar surface area (TPSA) is 66.5 Å². The highest BCUT2D eigenvalue weighted by Gasteiger charge is 2.29. The zero-order valence-corrected chi connectivity index (χ0v) is 28.7. The number of nitrogens with zero attached hydrogens (tertiary/aromatic N) is 3.